The predicted molar refractivity (Wildman–Crippen MR) is 67.7 cm³/mol. The second-order valence-electron chi connectivity index (χ2n) is 3.81. The van der Waals surface area contributed by atoms with Gasteiger partial charge >= 0.3 is 0 Å². The van der Waals surface area contributed by atoms with Gasteiger partial charge in [0, 0.05) is 11.6 Å². The molecule has 4 heteroatoms. The van der Waals surface area contributed by atoms with Gasteiger partial charge in [0.1, 0.15) is 0 Å². The number of aromatic amines is 1. The molecule has 0 saturated heterocycles. The summed E-state index contributed by atoms with van der Waals surface area (Å²) in [4.78, 5) is 4.27. The van der Waals surface area contributed by atoms with Gasteiger partial charge in [-0.1, -0.05) is 18.2 Å². The van der Waals surface area contributed by atoms with E-state index in [2.05, 4.69) is 20.5 Å². The van der Waals surface area contributed by atoms with Gasteiger partial charge < -0.3 is 5.32 Å². The Bertz CT molecular complexity index is 615. The smallest absolute Gasteiger partial charge is 0.0881 e. The van der Waals surface area contributed by atoms with E-state index in [4.69, 9.17) is 0 Å². The number of benzene rings is 1. The first-order valence-corrected chi connectivity index (χ1v) is 5.49. The Labute approximate surface area is 98.7 Å². The molecule has 0 fully saturated rings. The lowest BCUT2D eigenvalue weighted by Crippen LogP contribution is -2.01. The predicted octanol–water partition coefficient (Wildman–Crippen LogP) is 2.57. The molecule has 0 spiro atoms. The molecular weight excluding hydrogens is 212 g/mol. The third-order valence-corrected chi connectivity index (χ3v) is 2.66. The molecule has 0 radical (unpaired) electrons. The second kappa shape index (κ2) is 4.25. The molecule has 17 heavy (non-hydrogen) atoms. The van der Waals surface area contributed by atoms with E-state index < -0.39 is 0 Å². The molecule has 0 aliphatic carbocycles. The van der Waals surface area contributed by atoms with Crippen molar-refractivity contribution in [3.05, 3.63) is 54.5 Å². The third-order valence-electron chi connectivity index (χ3n) is 2.66. The molecule has 0 aliphatic heterocycles. The van der Waals surface area contributed by atoms with Gasteiger partial charge in [-0.25, -0.2) is 0 Å². The number of fused-ring (bicyclic) bond motifs is 1. The number of hydrogen-bond acceptors (Lipinski definition) is 3. The first kappa shape index (κ1) is 9.84. The summed E-state index contributed by atoms with van der Waals surface area (Å²) < 4.78 is 0. The Morgan fingerprint density at radius 2 is 2.12 bits per heavy atom. The summed E-state index contributed by atoms with van der Waals surface area (Å²) in [5.41, 5.74) is 3.10. The summed E-state index contributed by atoms with van der Waals surface area (Å²) in [6, 6.07) is 12.0. The van der Waals surface area contributed by atoms with Crippen molar-refractivity contribution < 1.29 is 0 Å². The molecule has 3 rings (SSSR count). The van der Waals surface area contributed by atoms with Crippen LogP contribution in [0.3, 0.4) is 0 Å². The molecule has 1 aromatic carbocycles. The van der Waals surface area contributed by atoms with Crippen molar-refractivity contribution in [1.82, 2.24) is 15.2 Å². The monoisotopic (exact) mass is 224 g/mol. The summed E-state index contributed by atoms with van der Waals surface area (Å²) in [5, 5.41) is 11.5. The molecule has 84 valence electrons. The summed E-state index contributed by atoms with van der Waals surface area (Å²) in [6.45, 7) is 0.707. The van der Waals surface area contributed by atoms with E-state index >= 15 is 0 Å². The van der Waals surface area contributed by atoms with E-state index in [1.807, 2.05) is 42.6 Å². The van der Waals surface area contributed by atoms with E-state index in [0.29, 0.717) is 6.54 Å². The number of hydrogen-bond donors (Lipinski definition) is 2. The molecule has 0 bridgehead atoms. The Hall–Kier alpha value is -2.36. The molecule has 0 amide bonds. The Balaban J connectivity index is 1.84. The molecule has 0 atom stereocenters. The lowest BCUT2D eigenvalue weighted by Gasteiger charge is -2.06. The van der Waals surface area contributed by atoms with Crippen molar-refractivity contribution >= 4 is 16.6 Å². The van der Waals surface area contributed by atoms with E-state index in [-0.39, 0.29) is 0 Å². The van der Waals surface area contributed by atoms with Crippen molar-refractivity contribution in [2.45, 2.75) is 6.54 Å². The molecule has 2 heterocycles. The SMILES string of the molecule is c1ccc(CNc2cccc3cn[nH]c23)nc1. The highest BCUT2D eigenvalue weighted by Crippen LogP contribution is 2.20. The Kier molecular flexibility index (Phi) is 2.46. The van der Waals surface area contributed by atoms with E-state index in [1.165, 1.54) is 0 Å². The van der Waals surface area contributed by atoms with Gasteiger partial charge in [-0.15, -0.1) is 0 Å². The number of pyridine rings is 1. The number of rotatable bonds is 3. The van der Waals surface area contributed by atoms with Crippen molar-refractivity contribution in [1.29, 1.82) is 0 Å². The standard InChI is InChI=1S/C13H12N4/c1-2-7-14-11(5-1)9-15-12-6-3-4-10-8-16-17-13(10)12/h1-8,15H,9H2,(H,16,17). The van der Waals surface area contributed by atoms with E-state index in [1.54, 1.807) is 6.20 Å². The first-order valence-electron chi connectivity index (χ1n) is 5.49. The fourth-order valence-electron chi connectivity index (χ4n) is 1.80. The minimum Gasteiger partial charge on any atom is -0.378 e. The highest BCUT2D eigenvalue weighted by atomic mass is 15.1. The largest absolute Gasteiger partial charge is 0.378 e. The van der Waals surface area contributed by atoms with Crippen LogP contribution in [0.25, 0.3) is 10.9 Å². The van der Waals surface area contributed by atoms with Gasteiger partial charge in [0.2, 0.25) is 0 Å². The van der Waals surface area contributed by atoms with Crippen LogP contribution in [0.1, 0.15) is 5.69 Å². The number of nitrogens with one attached hydrogen (secondary N) is 2. The molecule has 0 unspecified atom stereocenters. The van der Waals surface area contributed by atoms with Gasteiger partial charge in [0.25, 0.3) is 0 Å². The number of nitrogens with zero attached hydrogens (tertiary/aromatic N) is 2. The summed E-state index contributed by atoms with van der Waals surface area (Å²) >= 11 is 0. The van der Waals surface area contributed by atoms with Crippen molar-refractivity contribution in [3.8, 4) is 0 Å². The minimum absolute atomic E-state index is 0.707. The maximum absolute atomic E-state index is 4.27. The molecule has 0 saturated carbocycles. The maximum Gasteiger partial charge on any atom is 0.0881 e. The minimum atomic E-state index is 0.707. The zero-order valence-electron chi connectivity index (χ0n) is 9.22. The quantitative estimate of drug-likeness (QED) is 0.719. The average Bonchev–Trinajstić information content (AvgIpc) is 2.86. The van der Waals surface area contributed by atoms with Crippen LogP contribution in [-0.2, 0) is 6.54 Å². The van der Waals surface area contributed by atoms with Gasteiger partial charge in [0.05, 0.1) is 29.6 Å². The van der Waals surface area contributed by atoms with Crippen LogP contribution in [0.2, 0.25) is 0 Å². The number of H-pyrrole nitrogens is 1. The molecule has 4 nitrogen and oxygen atoms in total. The van der Waals surface area contributed by atoms with Crippen LogP contribution >= 0.6 is 0 Å². The molecular formula is C13H12N4. The lowest BCUT2D eigenvalue weighted by atomic mass is 10.2. The average molecular weight is 224 g/mol. The van der Waals surface area contributed by atoms with Gasteiger partial charge in [-0.3, -0.25) is 10.1 Å². The van der Waals surface area contributed by atoms with Crippen LogP contribution in [0.15, 0.2) is 48.8 Å². The third kappa shape index (κ3) is 1.97. The van der Waals surface area contributed by atoms with E-state index in [9.17, 15) is 0 Å². The van der Waals surface area contributed by atoms with Crippen LogP contribution < -0.4 is 5.32 Å². The van der Waals surface area contributed by atoms with Crippen LogP contribution in [0.5, 0.6) is 0 Å². The topological polar surface area (TPSA) is 53.6 Å². The Morgan fingerprint density at radius 3 is 3.00 bits per heavy atom. The maximum atomic E-state index is 4.27. The Morgan fingerprint density at radius 1 is 1.12 bits per heavy atom. The zero-order valence-corrected chi connectivity index (χ0v) is 9.22. The molecule has 0 aliphatic rings. The number of aromatic nitrogens is 3. The van der Waals surface area contributed by atoms with Gasteiger partial charge in [-0.2, -0.15) is 5.10 Å². The fourth-order valence-corrected chi connectivity index (χ4v) is 1.80. The second-order valence-corrected chi connectivity index (χ2v) is 3.81. The zero-order chi connectivity index (χ0) is 11.5. The highest BCUT2D eigenvalue weighted by Gasteiger charge is 2.01. The summed E-state index contributed by atoms with van der Waals surface area (Å²) in [5.74, 6) is 0. The highest BCUT2D eigenvalue weighted by molar-refractivity contribution is 5.89. The normalized spacial score (nSPS) is 10.6. The fraction of sp³-hybridized carbons (Fsp3) is 0.0769. The number of para-hydroxylation sites is 1. The number of anilines is 1. The molecule has 2 aromatic heterocycles. The van der Waals surface area contributed by atoms with Gasteiger partial charge in [-0.05, 0) is 18.2 Å². The van der Waals surface area contributed by atoms with Crippen LogP contribution in [-0.4, -0.2) is 15.2 Å². The lowest BCUT2D eigenvalue weighted by molar-refractivity contribution is 1.04. The molecule has 2 N–H and O–H groups in total. The van der Waals surface area contributed by atoms with E-state index in [0.717, 1.165) is 22.3 Å². The van der Waals surface area contributed by atoms with Crippen molar-refractivity contribution in [3.63, 3.8) is 0 Å². The summed E-state index contributed by atoms with van der Waals surface area (Å²) in [7, 11) is 0. The van der Waals surface area contributed by atoms with Crippen molar-refractivity contribution in [2.24, 2.45) is 0 Å². The first-order chi connectivity index (χ1) is 8.43. The molecule has 3 aromatic rings. The van der Waals surface area contributed by atoms with Crippen LogP contribution in [0, 0.1) is 0 Å². The van der Waals surface area contributed by atoms with Gasteiger partial charge in [0.15, 0.2) is 0 Å². The van der Waals surface area contributed by atoms with Crippen molar-refractivity contribution in [2.75, 3.05) is 5.32 Å². The summed E-state index contributed by atoms with van der Waals surface area (Å²) in [6.07, 6.45) is 3.62. The van der Waals surface area contributed by atoms with Crippen LogP contribution in [0.4, 0.5) is 5.69 Å².